The summed E-state index contributed by atoms with van der Waals surface area (Å²) in [6.07, 6.45) is 1.12. The lowest BCUT2D eigenvalue weighted by Gasteiger charge is -2.24. The van der Waals surface area contributed by atoms with E-state index < -0.39 is 0 Å². The van der Waals surface area contributed by atoms with Crippen molar-refractivity contribution in [3.63, 3.8) is 0 Å². The third kappa shape index (κ3) is 6.22. The number of amides is 2. The number of carbonyl (C=O) groups excluding carboxylic acids is 2. The van der Waals surface area contributed by atoms with E-state index in [4.69, 9.17) is 0 Å². The molecule has 4 nitrogen and oxygen atoms in total. The van der Waals surface area contributed by atoms with Gasteiger partial charge in [0.15, 0.2) is 0 Å². The first-order valence-electron chi connectivity index (χ1n) is 10.2. The lowest BCUT2D eigenvalue weighted by Crippen LogP contribution is -2.32. The topological polar surface area (TPSA) is 40.6 Å². The van der Waals surface area contributed by atoms with Gasteiger partial charge >= 0.3 is 0 Å². The summed E-state index contributed by atoms with van der Waals surface area (Å²) in [6, 6.07) is 16.2. The molecule has 0 saturated heterocycles. The van der Waals surface area contributed by atoms with Gasteiger partial charge in [0.05, 0.1) is 12.8 Å². The van der Waals surface area contributed by atoms with E-state index in [1.54, 1.807) is 9.80 Å². The molecule has 0 atom stereocenters. The van der Waals surface area contributed by atoms with Gasteiger partial charge in [-0.05, 0) is 22.3 Å². The summed E-state index contributed by atoms with van der Waals surface area (Å²) in [5.74, 6) is 0.433. The first-order valence-corrected chi connectivity index (χ1v) is 10.2. The van der Waals surface area contributed by atoms with Crippen LogP contribution >= 0.6 is 0 Å². The number of likely N-dealkylation sites (N-methyl/N-ethyl adjacent to an activating group) is 2. The highest BCUT2D eigenvalue weighted by Crippen LogP contribution is 2.18. The van der Waals surface area contributed by atoms with Crippen LogP contribution in [0.25, 0.3) is 0 Å². The van der Waals surface area contributed by atoms with Gasteiger partial charge in [0, 0.05) is 27.2 Å². The fraction of sp³-hybridized carbons (Fsp3) is 0.417. The fourth-order valence-electron chi connectivity index (χ4n) is 3.05. The van der Waals surface area contributed by atoms with Gasteiger partial charge in [0.2, 0.25) is 11.8 Å². The average molecular weight is 383 g/mol. The van der Waals surface area contributed by atoms with Crippen LogP contribution in [0.2, 0.25) is 0 Å². The maximum absolute atomic E-state index is 11.3. The maximum atomic E-state index is 11.3. The van der Waals surface area contributed by atoms with Crippen molar-refractivity contribution in [1.29, 1.82) is 0 Å². The molecule has 2 heterocycles. The molecule has 0 aromatic heterocycles. The Kier molecular flexibility index (Phi) is 10.0. The minimum Gasteiger partial charge on any atom is -0.341 e. The SMILES string of the molecule is CC.CC.CN1Cc2ccccc2CC1=O.CN1Cc2ccccc2CC1=O. The summed E-state index contributed by atoms with van der Waals surface area (Å²) in [5.41, 5.74) is 4.92. The molecule has 2 aliphatic heterocycles. The molecule has 152 valence electrons. The van der Waals surface area contributed by atoms with E-state index >= 15 is 0 Å². The Morgan fingerprint density at radius 1 is 0.571 bits per heavy atom. The van der Waals surface area contributed by atoms with Crippen LogP contribution in [0.5, 0.6) is 0 Å². The zero-order valence-electron chi connectivity index (χ0n) is 18.2. The largest absolute Gasteiger partial charge is 0.341 e. The number of fused-ring (bicyclic) bond motifs is 2. The molecule has 28 heavy (non-hydrogen) atoms. The van der Waals surface area contributed by atoms with Crippen molar-refractivity contribution in [2.75, 3.05) is 14.1 Å². The van der Waals surface area contributed by atoms with Gasteiger partial charge in [-0.3, -0.25) is 9.59 Å². The summed E-state index contributed by atoms with van der Waals surface area (Å²) in [4.78, 5) is 26.1. The van der Waals surface area contributed by atoms with Crippen molar-refractivity contribution >= 4 is 11.8 Å². The van der Waals surface area contributed by atoms with Crippen LogP contribution in [0.15, 0.2) is 48.5 Å². The highest BCUT2D eigenvalue weighted by molar-refractivity contribution is 5.81. The zero-order valence-corrected chi connectivity index (χ0v) is 18.2. The Morgan fingerprint density at radius 2 is 0.857 bits per heavy atom. The Hall–Kier alpha value is -2.62. The van der Waals surface area contributed by atoms with Crippen molar-refractivity contribution in [3.05, 3.63) is 70.8 Å². The molecule has 2 aliphatic rings. The second-order valence-electron chi connectivity index (χ2n) is 6.39. The molecule has 4 rings (SSSR count). The van der Waals surface area contributed by atoms with E-state index in [-0.39, 0.29) is 11.8 Å². The average Bonchev–Trinajstić information content (AvgIpc) is 2.73. The molecule has 0 saturated carbocycles. The molecule has 4 heteroatoms. The van der Waals surface area contributed by atoms with E-state index in [0.29, 0.717) is 12.8 Å². The van der Waals surface area contributed by atoms with Crippen molar-refractivity contribution in [2.24, 2.45) is 0 Å². The van der Waals surface area contributed by atoms with Gasteiger partial charge < -0.3 is 9.80 Å². The Morgan fingerprint density at radius 3 is 1.18 bits per heavy atom. The molecule has 0 N–H and O–H groups in total. The highest BCUT2D eigenvalue weighted by Gasteiger charge is 2.19. The van der Waals surface area contributed by atoms with Crippen LogP contribution in [0.4, 0.5) is 0 Å². The van der Waals surface area contributed by atoms with Gasteiger partial charge in [0.1, 0.15) is 0 Å². The van der Waals surface area contributed by atoms with Gasteiger partial charge in [-0.25, -0.2) is 0 Å². The van der Waals surface area contributed by atoms with E-state index in [0.717, 1.165) is 13.1 Å². The Labute approximate surface area is 170 Å². The number of rotatable bonds is 0. The normalized spacial score (nSPS) is 14.2. The third-order valence-corrected chi connectivity index (χ3v) is 4.59. The first-order chi connectivity index (χ1) is 13.5. The Balaban J connectivity index is 0.000000238. The smallest absolute Gasteiger partial charge is 0.227 e. The maximum Gasteiger partial charge on any atom is 0.227 e. The second kappa shape index (κ2) is 12.0. The van der Waals surface area contributed by atoms with E-state index in [2.05, 4.69) is 12.1 Å². The first kappa shape index (κ1) is 23.4. The van der Waals surface area contributed by atoms with Crippen LogP contribution < -0.4 is 0 Å². The molecule has 0 fully saturated rings. The Bertz CT molecular complexity index is 705. The minimum atomic E-state index is 0.216. The lowest BCUT2D eigenvalue weighted by molar-refractivity contribution is -0.131. The fourth-order valence-corrected chi connectivity index (χ4v) is 3.05. The van der Waals surface area contributed by atoms with Crippen LogP contribution in [0.1, 0.15) is 49.9 Å². The predicted octanol–water partition coefficient (Wildman–Crippen LogP) is 4.45. The summed E-state index contributed by atoms with van der Waals surface area (Å²) in [5, 5.41) is 0. The molecule has 0 radical (unpaired) electrons. The van der Waals surface area contributed by atoms with Crippen LogP contribution in [-0.4, -0.2) is 35.7 Å². The lowest BCUT2D eigenvalue weighted by atomic mass is 10.00. The molecule has 2 aromatic rings. The molecular weight excluding hydrogens is 348 g/mol. The van der Waals surface area contributed by atoms with Crippen LogP contribution in [0.3, 0.4) is 0 Å². The van der Waals surface area contributed by atoms with Crippen molar-refractivity contribution < 1.29 is 9.59 Å². The standard InChI is InChI=1S/2C10H11NO.2C2H6/c2*1-11-7-9-5-3-2-4-8(9)6-10(11)12;2*1-2/h2*2-5H,6-7H2,1H3;2*1-2H3. The van der Waals surface area contributed by atoms with Crippen molar-refractivity contribution in [1.82, 2.24) is 9.80 Å². The number of hydrogen-bond donors (Lipinski definition) is 0. The highest BCUT2D eigenvalue weighted by atomic mass is 16.2. The van der Waals surface area contributed by atoms with Crippen molar-refractivity contribution in [3.8, 4) is 0 Å². The predicted molar refractivity (Wildman–Crippen MR) is 116 cm³/mol. The molecule has 0 unspecified atom stereocenters. The van der Waals surface area contributed by atoms with Crippen LogP contribution in [0, 0.1) is 0 Å². The minimum absolute atomic E-state index is 0.216. The molecule has 0 aliphatic carbocycles. The number of nitrogens with zero attached hydrogens (tertiary/aromatic N) is 2. The van der Waals surface area contributed by atoms with E-state index in [9.17, 15) is 9.59 Å². The number of benzene rings is 2. The van der Waals surface area contributed by atoms with E-state index in [1.165, 1.54) is 22.3 Å². The summed E-state index contributed by atoms with van der Waals surface area (Å²) >= 11 is 0. The third-order valence-electron chi connectivity index (χ3n) is 4.59. The van der Waals surface area contributed by atoms with Crippen LogP contribution in [-0.2, 0) is 35.5 Å². The molecule has 2 amide bonds. The molecule has 2 aromatic carbocycles. The quantitative estimate of drug-likeness (QED) is 0.675. The molecular formula is C24H34N2O2. The number of carbonyl (C=O) groups is 2. The summed E-state index contributed by atoms with van der Waals surface area (Å²) in [6.45, 7) is 9.52. The van der Waals surface area contributed by atoms with Gasteiger partial charge in [0.25, 0.3) is 0 Å². The number of hydrogen-bond acceptors (Lipinski definition) is 2. The van der Waals surface area contributed by atoms with E-state index in [1.807, 2.05) is 78.2 Å². The van der Waals surface area contributed by atoms with Gasteiger partial charge in [-0.1, -0.05) is 76.2 Å². The zero-order chi connectivity index (χ0) is 21.1. The second-order valence-corrected chi connectivity index (χ2v) is 6.39. The summed E-state index contributed by atoms with van der Waals surface area (Å²) in [7, 11) is 3.69. The molecule has 0 spiro atoms. The van der Waals surface area contributed by atoms with Gasteiger partial charge in [-0.15, -0.1) is 0 Å². The monoisotopic (exact) mass is 382 g/mol. The van der Waals surface area contributed by atoms with Crippen molar-refractivity contribution in [2.45, 2.75) is 53.6 Å². The van der Waals surface area contributed by atoms with Gasteiger partial charge in [-0.2, -0.15) is 0 Å². The summed E-state index contributed by atoms with van der Waals surface area (Å²) < 4.78 is 0. The molecule has 0 bridgehead atoms.